The van der Waals surface area contributed by atoms with Crippen LogP contribution in [0.1, 0.15) is 17.5 Å². The summed E-state index contributed by atoms with van der Waals surface area (Å²) in [6.45, 7) is 1.11. The third-order valence-electron chi connectivity index (χ3n) is 4.28. The number of methoxy groups -OCH3 is 1. The summed E-state index contributed by atoms with van der Waals surface area (Å²) >= 11 is 12.4. The van der Waals surface area contributed by atoms with Crippen molar-refractivity contribution < 1.29 is 19.1 Å². The molecule has 0 unspecified atom stereocenters. The second kappa shape index (κ2) is 11.2. The van der Waals surface area contributed by atoms with Gasteiger partial charge in [0.05, 0.1) is 4.91 Å². The fourth-order valence-electron chi connectivity index (χ4n) is 2.73. The van der Waals surface area contributed by atoms with Crippen molar-refractivity contribution >= 4 is 63.9 Å². The molecule has 1 amide bonds. The Labute approximate surface area is 195 Å². The molecular weight excluding hydrogens is 454 g/mol. The molecule has 1 saturated heterocycles. The van der Waals surface area contributed by atoms with Crippen LogP contribution in [-0.4, -0.2) is 41.4 Å². The fourth-order valence-corrected chi connectivity index (χ4v) is 4.17. The third-order valence-corrected chi connectivity index (χ3v) is 5.91. The molecule has 2 aromatic rings. The number of thioether (sulfide) groups is 1. The highest BCUT2D eigenvalue weighted by Crippen LogP contribution is 2.32. The summed E-state index contributed by atoms with van der Waals surface area (Å²) in [6, 6.07) is 14.0. The summed E-state index contributed by atoms with van der Waals surface area (Å²) in [4.78, 5) is 26.7. The summed E-state index contributed by atoms with van der Waals surface area (Å²) in [5.74, 6) is -0.177. The maximum absolute atomic E-state index is 12.6. The Bertz CT molecular complexity index is 1020. The number of carbonyl (C=O) groups is 2. The van der Waals surface area contributed by atoms with Crippen LogP contribution < -0.4 is 4.74 Å². The average molecular weight is 474 g/mol. The van der Waals surface area contributed by atoms with E-state index in [1.807, 2.05) is 0 Å². The van der Waals surface area contributed by atoms with Gasteiger partial charge in [-0.1, -0.05) is 59.8 Å². The molecule has 8 heteroatoms. The van der Waals surface area contributed by atoms with E-state index < -0.39 is 5.97 Å². The first-order valence-corrected chi connectivity index (χ1v) is 11.1. The van der Waals surface area contributed by atoms with Gasteiger partial charge < -0.3 is 9.47 Å². The second-order valence-corrected chi connectivity index (χ2v) is 8.67. The molecule has 0 aliphatic carbocycles. The summed E-state index contributed by atoms with van der Waals surface area (Å²) < 4.78 is 10.9. The molecule has 160 valence electrons. The molecule has 2 aromatic carbocycles. The van der Waals surface area contributed by atoms with Gasteiger partial charge in [-0.05, 0) is 54.0 Å². The van der Waals surface area contributed by atoms with E-state index in [1.54, 1.807) is 72.7 Å². The monoisotopic (exact) mass is 473 g/mol. The number of thiocarbonyl (C=S) groups is 1. The topological polar surface area (TPSA) is 55.8 Å². The smallest absolute Gasteiger partial charge is 0.336 e. The standard InChI is InChI=1S/C23H20ClNO4S2/c1-28-14-2-13-25-22(27)20(31-23(25)30)15-17-5-10-19(11-6-17)29-21(26)12-7-16-3-8-18(24)9-4-16/h3-12,15H,2,13-14H2,1H3/b12-7+,20-15-. The van der Waals surface area contributed by atoms with E-state index in [-0.39, 0.29) is 5.91 Å². The lowest BCUT2D eigenvalue weighted by Crippen LogP contribution is -2.29. The van der Waals surface area contributed by atoms with E-state index in [1.165, 1.54) is 17.8 Å². The molecule has 0 bridgehead atoms. The quantitative estimate of drug-likeness (QED) is 0.173. The lowest BCUT2D eigenvalue weighted by molar-refractivity contribution is -0.129. The lowest BCUT2D eigenvalue weighted by Gasteiger charge is -2.13. The number of hydrogen-bond acceptors (Lipinski definition) is 6. The Morgan fingerprint density at radius 3 is 2.48 bits per heavy atom. The van der Waals surface area contributed by atoms with Crippen LogP contribution in [0.25, 0.3) is 12.2 Å². The van der Waals surface area contributed by atoms with E-state index in [4.69, 9.17) is 33.3 Å². The van der Waals surface area contributed by atoms with E-state index in [2.05, 4.69) is 0 Å². The van der Waals surface area contributed by atoms with Gasteiger partial charge >= 0.3 is 5.97 Å². The Kier molecular flexibility index (Phi) is 8.43. The van der Waals surface area contributed by atoms with Crippen molar-refractivity contribution in [2.24, 2.45) is 0 Å². The molecule has 3 rings (SSSR count). The number of benzene rings is 2. The van der Waals surface area contributed by atoms with Crippen LogP contribution in [0.3, 0.4) is 0 Å². The molecule has 0 atom stereocenters. The number of ether oxygens (including phenoxy) is 2. The molecule has 1 heterocycles. The SMILES string of the molecule is COCCCN1C(=O)/C(=C/c2ccc(OC(=O)/C=C/c3ccc(Cl)cc3)cc2)SC1=S. The van der Waals surface area contributed by atoms with Gasteiger partial charge in [-0.25, -0.2) is 4.79 Å². The molecule has 31 heavy (non-hydrogen) atoms. The van der Waals surface area contributed by atoms with Gasteiger partial charge in [-0.15, -0.1) is 0 Å². The number of rotatable bonds is 8. The first-order chi connectivity index (χ1) is 15.0. The number of nitrogens with zero attached hydrogens (tertiary/aromatic N) is 1. The van der Waals surface area contributed by atoms with E-state index in [9.17, 15) is 9.59 Å². The number of esters is 1. The molecule has 0 N–H and O–H groups in total. The minimum absolute atomic E-state index is 0.103. The molecule has 1 aliphatic heterocycles. The van der Waals surface area contributed by atoms with E-state index in [0.29, 0.717) is 33.1 Å². The highest BCUT2D eigenvalue weighted by Gasteiger charge is 2.31. The first kappa shape index (κ1) is 23.2. The van der Waals surface area contributed by atoms with Gasteiger partial charge in [0.2, 0.25) is 0 Å². The van der Waals surface area contributed by atoms with Crippen LogP contribution in [-0.2, 0) is 14.3 Å². The minimum atomic E-state index is -0.486. The van der Waals surface area contributed by atoms with Crippen LogP contribution in [0.5, 0.6) is 5.75 Å². The minimum Gasteiger partial charge on any atom is -0.423 e. The second-order valence-electron chi connectivity index (χ2n) is 6.55. The van der Waals surface area contributed by atoms with Gasteiger partial charge in [0.15, 0.2) is 0 Å². The summed E-state index contributed by atoms with van der Waals surface area (Å²) in [6.07, 6.45) is 5.51. The van der Waals surface area contributed by atoms with Crippen LogP contribution in [0.2, 0.25) is 5.02 Å². The zero-order chi connectivity index (χ0) is 22.2. The fraction of sp³-hybridized carbons (Fsp3) is 0.174. The molecule has 0 aromatic heterocycles. The highest BCUT2D eigenvalue weighted by atomic mass is 35.5. The maximum atomic E-state index is 12.6. The molecule has 1 fully saturated rings. The largest absolute Gasteiger partial charge is 0.423 e. The van der Waals surface area contributed by atoms with Gasteiger partial charge in [-0.3, -0.25) is 9.69 Å². The normalized spacial score (nSPS) is 15.3. The lowest BCUT2D eigenvalue weighted by atomic mass is 10.2. The Hall–Kier alpha value is -2.45. The first-order valence-electron chi connectivity index (χ1n) is 9.46. The molecule has 0 spiro atoms. The molecule has 0 saturated carbocycles. The number of hydrogen-bond donors (Lipinski definition) is 0. The summed E-state index contributed by atoms with van der Waals surface area (Å²) in [5.41, 5.74) is 1.66. The van der Waals surface area contributed by atoms with Crippen LogP contribution in [0, 0.1) is 0 Å². The van der Waals surface area contributed by atoms with Gasteiger partial charge in [0.1, 0.15) is 10.1 Å². The number of carbonyl (C=O) groups excluding carboxylic acids is 2. The molecule has 1 aliphatic rings. The Balaban J connectivity index is 1.58. The summed E-state index contributed by atoms with van der Waals surface area (Å²) in [7, 11) is 1.63. The van der Waals surface area contributed by atoms with Crippen LogP contribution >= 0.6 is 35.6 Å². The van der Waals surface area contributed by atoms with Crippen molar-refractivity contribution in [3.8, 4) is 5.75 Å². The van der Waals surface area contributed by atoms with Gasteiger partial charge in [-0.2, -0.15) is 0 Å². The highest BCUT2D eigenvalue weighted by molar-refractivity contribution is 8.26. The third kappa shape index (κ3) is 6.77. The van der Waals surface area contributed by atoms with Crippen molar-refractivity contribution in [2.75, 3.05) is 20.3 Å². The zero-order valence-corrected chi connectivity index (χ0v) is 19.1. The van der Waals surface area contributed by atoms with E-state index in [0.717, 1.165) is 17.5 Å². The van der Waals surface area contributed by atoms with Crippen molar-refractivity contribution in [1.82, 2.24) is 4.90 Å². The van der Waals surface area contributed by atoms with Crippen molar-refractivity contribution in [2.45, 2.75) is 6.42 Å². The summed E-state index contributed by atoms with van der Waals surface area (Å²) in [5, 5.41) is 0.633. The van der Waals surface area contributed by atoms with Gasteiger partial charge in [0.25, 0.3) is 5.91 Å². The molecule has 0 radical (unpaired) electrons. The predicted molar refractivity (Wildman–Crippen MR) is 129 cm³/mol. The Morgan fingerprint density at radius 2 is 1.81 bits per heavy atom. The maximum Gasteiger partial charge on any atom is 0.336 e. The Morgan fingerprint density at radius 1 is 1.13 bits per heavy atom. The van der Waals surface area contributed by atoms with Crippen molar-refractivity contribution in [3.63, 3.8) is 0 Å². The predicted octanol–water partition coefficient (Wildman–Crippen LogP) is 5.20. The van der Waals surface area contributed by atoms with Gasteiger partial charge in [0, 0.05) is 31.4 Å². The van der Waals surface area contributed by atoms with Crippen LogP contribution in [0.15, 0.2) is 59.5 Å². The van der Waals surface area contributed by atoms with Crippen molar-refractivity contribution in [3.05, 3.63) is 75.7 Å². The van der Waals surface area contributed by atoms with Crippen LogP contribution in [0.4, 0.5) is 0 Å². The average Bonchev–Trinajstić information content (AvgIpc) is 3.02. The zero-order valence-electron chi connectivity index (χ0n) is 16.7. The number of amides is 1. The molecular formula is C23H20ClNO4S2. The number of halogens is 1. The van der Waals surface area contributed by atoms with E-state index >= 15 is 0 Å². The molecule has 5 nitrogen and oxygen atoms in total. The van der Waals surface area contributed by atoms with Crippen molar-refractivity contribution in [1.29, 1.82) is 0 Å².